The minimum Gasteiger partial charge on any atom is -0.389 e. The Labute approximate surface area is 114 Å². The minimum atomic E-state index is -0.505. The molecule has 3 heteroatoms. The zero-order valence-corrected chi connectivity index (χ0v) is 11.8. The Bertz CT molecular complexity index is 399. The maximum absolute atomic E-state index is 10.4. The van der Waals surface area contributed by atoms with Crippen molar-refractivity contribution in [2.24, 2.45) is 0 Å². The number of hydrogen-bond acceptors (Lipinski definition) is 2. The van der Waals surface area contributed by atoms with Crippen LogP contribution < -0.4 is 5.32 Å². The SMILES string of the molecule is Cc1ccc(CNCC2(O)CCCCC2)c(Cl)c1. The molecule has 0 heterocycles. The smallest absolute Gasteiger partial charge is 0.0771 e. The summed E-state index contributed by atoms with van der Waals surface area (Å²) in [5.41, 5.74) is 1.77. The molecule has 1 aromatic rings. The normalized spacial score (nSPS) is 18.8. The van der Waals surface area contributed by atoms with E-state index in [1.165, 1.54) is 12.0 Å². The average Bonchev–Trinajstić information content (AvgIpc) is 2.33. The predicted octanol–water partition coefficient (Wildman–Crippen LogP) is 3.43. The first kappa shape index (κ1) is 13.9. The van der Waals surface area contributed by atoms with Gasteiger partial charge in [-0.15, -0.1) is 0 Å². The second-order valence-corrected chi connectivity index (χ2v) is 5.89. The standard InChI is InChI=1S/C15H22ClNO/c1-12-5-6-13(14(16)9-12)10-17-11-15(18)7-3-2-4-8-15/h5-6,9,17-18H,2-4,7-8,10-11H2,1H3. The highest BCUT2D eigenvalue weighted by Gasteiger charge is 2.28. The fourth-order valence-corrected chi connectivity index (χ4v) is 2.91. The van der Waals surface area contributed by atoms with E-state index in [9.17, 15) is 5.11 Å². The van der Waals surface area contributed by atoms with Crippen molar-refractivity contribution in [1.29, 1.82) is 0 Å². The molecule has 0 amide bonds. The van der Waals surface area contributed by atoms with E-state index in [1.54, 1.807) is 0 Å². The molecular formula is C15H22ClNO. The molecule has 0 saturated heterocycles. The van der Waals surface area contributed by atoms with E-state index in [1.807, 2.05) is 13.0 Å². The van der Waals surface area contributed by atoms with Crippen LogP contribution in [0.3, 0.4) is 0 Å². The maximum atomic E-state index is 10.4. The molecule has 0 spiro atoms. The van der Waals surface area contributed by atoms with Crippen LogP contribution in [-0.2, 0) is 6.54 Å². The molecule has 0 radical (unpaired) electrons. The van der Waals surface area contributed by atoms with Gasteiger partial charge in [-0.05, 0) is 37.0 Å². The van der Waals surface area contributed by atoms with Crippen molar-refractivity contribution in [3.05, 3.63) is 34.3 Å². The summed E-state index contributed by atoms with van der Waals surface area (Å²) in [5, 5.41) is 14.5. The Morgan fingerprint density at radius 2 is 2.00 bits per heavy atom. The fourth-order valence-electron chi connectivity index (χ4n) is 2.61. The molecule has 0 aliphatic heterocycles. The molecule has 2 nitrogen and oxygen atoms in total. The Morgan fingerprint density at radius 3 is 2.67 bits per heavy atom. The Kier molecular flexibility index (Phi) is 4.66. The molecule has 18 heavy (non-hydrogen) atoms. The lowest BCUT2D eigenvalue weighted by Gasteiger charge is -2.32. The van der Waals surface area contributed by atoms with Gasteiger partial charge in [-0.1, -0.05) is 43.0 Å². The second-order valence-electron chi connectivity index (χ2n) is 5.48. The number of nitrogens with one attached hydrogen (secondary N) is 1. The Morgan fingerprint density at radius 1 is 1.28 bits per heavy atom. The van der Waals surface area contributed by atoms with Gasteiger partial charge >= 0.3 is 0 Å². The summed E-state index contributed by atoms with van der Waals surface area (Å²) in [7, 11) is 0. The van der Waals surface area contributed by atoms with Crippen LogP contribution >= 0.6 is 11.6 Å². The number of halogens is 1. The van der Waals surface area contributed by atoms with Crippen LogP contribution in [-0.4, -0.2) is 17.3 Å². The van der Waals surface area contributed by atoms with Crippen LogP contribution in [0.4, 0.5) is 0 Å². The lowest BCUT2D eigenvalue weighted by molar-refractivity contribution is 0.00468. The topological polar surface area (TPSA) is 32.3 Å². The minimum absolute atomic E-state index is 0.505. The van der Waals surface area contributed by atoms with Gasteiger partial charge in [0.05, 0.1) is 5.60 Å². The van der Waals surface area contributed by atoms with Gasteiger partial charge < -0.3 is 10.4 Å². The van der Waals surface area contributed by atoms with Crippen LogP contribution in [0.5, 0.6) is 0 Å². The lowest BCUT2D eigenvalue weighted by Crippen LogP contribution is -2.41. The maximum Gasteiger partial charge on any atom is 0.0771 e. The van der Waals surface area contributed by atoms with E-state index in [2.05, 4.69) is 17.4 Å². The van der Waals surface area contributed by atoms with Gasteiger partial charge in [-0.3, -0.25) is 0 Å². The first-order valence-electron chi connectivity index (χ1n) is 6.77. The van der Waals surface area contributed by atoms with E-state index in [-0.39, 0.29) is 0 Å². The summed E-state index contributed by atoms with van der Waals surface area (Å²) in [6, 6.07) is 6.10. The lowest BCUT2D eigenvalue weighted by atomic mass is 9.85. The molecule has 1 aliphatic rings. The second kappa shape index (κ2) is 6.05. The number of rotatable bonds is 4. The third-order valence-electron chi connectivity index (χ3n) is 3.76. The van der Waals surface area contributed by atoms with Crippen LogP contribution in [0.25, 0.3) is 0 Å². The van der Waals surface area contributed by atoms with Crippen LogP contribution in [0.2, 0.25) is 5.02 Å². The van der Waals surface area contributed by atoms with Crippen LogP contribution in [0.15, 0.2) is 18.2 Å². The third-order valence-corrected chi connectivity index (χ3v) is 4.11. The van der Waals surface area contributed by atoms with Crippen molar-refractivity contribution < 1.29 is 5.11 Å². The number of aliphatic hydroxyl groups is 1. The summed E-state index contributed by atoms with van der Waals surface area (Å²) in [6.45, 7) is 3.42. The Hall–Kier alpha value is -0.570. The highest BCUT2D eigenvalue weighted by atomic mass is 35.5. The first-order valence-corrected chi connectivity index (χ1v) is 7.15. The van der Waals surface area contributed by atoms with Crippen molar-refractivity contribution in [2.45, 2.75) is 51.2 Å². The molecule has 0 bridgehead atoms. The molecule has 100 valence electrons. The highest BCUT2D eigenvalue weighted by Crippen LogP contribution is 2.27. The highest BCUT2D eigenvalue weighted by molar-refractivity contribution is 6.31. The van der Waals surface area contributed by atoms with E-state index in [0.29, 0.717) is 6.54 Å². The molecule has 0 aromatic heterocycles. The van der Waals surface area contributed by atoms with Crippen molar-refractivity contribution >= 4 is 11.6 Å². The van der Waals surface area contributed by atoms with Crippen molar-refractivity contribution in [1.82, 2.24) is 5.32 Å². The van der Waals surface area contributed by atoms with Gasteiger partial charge in [-0.2, -0.15) is 0 Å². The molecule has 0 atom stereocenters. The molecule has 1 aromatic carbocycles. The van der Waals surface area contributed by atoms with Gasteiger partial charge in [-0.25, -0.2) is 0 Å². The predicted molar refractivity (Wildman–Crippen MR) is 75.9 cm³/mol. The molecule has 0 unspecified atom stereocenters. The van der Waals surface area contributed by atoms with Gasteiger partial charge in [0.15, 0.2) is 0 Å². The summed E-state index contributed by atoms with van der Waals surface area (Å²) < 4.78 is 0. The molecule has 2 N–H and O–H groups in total. The molecule has 2 rings (SSSR count). The van der Waals surface area contributed by atoms with E-state index < -0.39 is 5.60 Å². The van der Waals surface area contributed by atoms with Gasteiger partial charge in [0, 0.05) is 18.1 Å². The molecule has 1 fully saturated rings. The third kappa shape index (κ3) is 3.71. The summed E-state index contributed by atoms with van der Waals surface area (Å²) in [6.07, 6.45) is 5.38. The van der Waals surface area contributed by atoms with E-state index in [4.69, 9.17) is 11.6 Å². The van der Waals surface area contributed by atoms with Crippen LogP contribution in [0.1, 0.15) is 43.2 Å². The zero-order valence-electron chi connectivity index (χ0n) is 11.0. The van der Waals surface area contributed by atoms with Gasteiger partial charge in [0.2, 0.25) is 0 Å². The van der Waals surface area contributed by atoms with Crippen molar-refractivity contribution in [2.75, 3.05) is 6.54 Å². The fraction of sp³-hybridized carbons (Fsp3) is 0.600. The largest absolute Gasteiger partial charge is 0.389 e. The molecule has 1 aliphatic carbocycles. The summed E-state index contributed by atoms with van der Waals surface area (Å²) >= 11 is 6.18. The summed E-state index contributed by atoms with van der Waals surface area (Å²) in [5.74, 6) is 0. The van der Waals surface area contributed by atoms with Crippen molar-refractivity contribution in [3.63, 3.8) is 0 Å². The van der Waals surface area contributed by atoms with E-state index in [0.717, 1.165) is 42.8 Å². The van der Waals surface area contributed by atoms with Crippen molar-refractivity contribution in [3.8, 4) is 0 Å². The first-order chi connectivity index (χ1) is 8.59. The average molecular weight is 268 g/mol. The summed E-state index contributed by atoms with van der Waals surface area (Å²) in [4.78, 5) is 0. The zero-order chi connectivity index (χ0) is 13.0. The van der Waals surface area contributed by atoms with Gasteiger partial charge in [0.1, 0.15) is 0 Å². The van der Waals surface area contributed by atoms with Crippen LogP contribution in [0, 0.1) is 6.92 Å². The Balaban J connectivity index is 1.84. The molecule has 1 saturated carbocycles. The van der Waals surface area contributed by atoms with Gasteiger partial charge in [0.25, 0.3) is 0 Å². The van der Waals surface area contributed by atoms with E-state index >= 15 is 0 Å². The monoisotopic (exact) mass is 267 g/mol. The molecular weight excluding hydrogens is 246 g/mol. The number of aryl methyl sites for hydroxylation is 1. The number of benzene rings is 1. The quantitative estimate of drug-likeness (QED) is 0.876. The number of hydrogen-bond donors (Lipinski definition) is 2.